The molecule has 0 saturated carbocycles. The Morgan fingerprint density at radius 2 is 2.25 bits per heavy atom. The number of hydrogen-bond donors (Lipinski definition) is 2. The lowest BCUT2D eigenvalue weighted by atomic mass is 10.1. The van der Waals surface area contributed by atoms with Crippen LogP contribution in [-0.2, 0) is 0 Å². The minimum Gasteiger partial charge on any atom is -0.396 e. The Balaban J connectivity index is 1.89. The first-order valence-corrected chi connectivity index (χ1v) is 5.99. The van der Waals surface area contributed by atoms with Crippen LogP contribution in [0.2, 0.25) is 0 Å². The van der Waals surface area contributed by atoms with E-state index in [0.29, 0.717) is 6.04 Å². The van der Waals surface area contributed by atoms with E-state index in [1.807, 2.05) is 12.1 Å². The highest BCUT2D eigenvalue weighted by Crippen LogP contribution is 2.19. The summed E-state index contributed by atoms with van der Waals surface area (Å²) in [4.78, 5) is 6.73. The van der Waals surface area contributed by atoms with Crippen molar-refractivity contribution in [1.82, 2.24) is 9.88 Å². The van der Waals surface area contributed by atoms with Gasteiger partial charge < -0.3 is 16.0 Å². The van der Waals surface area contributed by atoms with Gasteiger partial charge in [-0.3, -0.25) is 0 Å². The molecule has 1 saturated heterocycles. The maximum absolute atomic E-state index is 5.86. The van der Waals surface area contributed by atoms with Crippen molar-refractivity contribution in [2.24, 2.45) is 0 Å². The Labute approximate surface area is 96.8 Å². The topological polar surface area (TPSA) is 54.2 Å². The van der Waals surface area contributed by atoms with E-state index in [0.717, 1.165) is 18.1 Å². The van der Waals surface area contributed by atoms with E-state index in [4.69, 9.17) is 5.73 Å². The van der Waals surface area contributed by atoms with Crippen molar-refractivity contribution in [1.29, 1.82) is 0 Å². The van der Waals surface area contributed by atoms with Crippen molar-refractivity contribution in [2.75, 3.05) is 30.7 Å². The summed E-state index contributed by atoms with van der Waals surface area (Å²) in [5.41, 5.74) is 6.59. The highest BCUT2D eigenvalue weighted by molar-refractivity contribution is 5.60. The van der Waals surface area contributed by atoms with E-state index in [1.165, 1.54) is 25.9 Å². The van der Waals surface area contributed by atoms with Gasteiger partial charge in [-0.2, -0.15) is 0 Å². The summed E-state index contributed by atoms with van der Waals surface area (Å²) >= 11 is 0. The first-order chi connectivity index (χ1) is 7.79. The molecule has 88 valence electrons. The third kappa shape index (κ3) is 2.64. The van der Waals surface area contributed by atoms with E-state index in [1.54, 1.807) is 6.20 Å². The standard InChI is InChI=1S/C12H20N4/c1-2-16-8-5-10(6-9-16)15-12-11(13)4-3-7-14-12/h3-4,7,10H,2,5-6,8-9,13H2,1H3,(H,14,15). The molecular formula is C12H20N4. The molecule has 1 aromatic heterocycles. The number of nitrogen functional groups attached to an aromatic ring is 1. The predicted octanol–water partition coefficient (Wildman–Crippen LogP) is 1.56. The zero-order chi connectivity index (χ0) is 11.4. The summed E-state index contributed by atoms with van der Waals surface area (Å²) in [5, 5.41) is 3.43. The van der Waals surface area contributed by atoms with Crippen LogP contribution >= 0.6 is 0 Å². The van der Waals surface area contributed by atoms with Crippen LogP contribution in [0.4, 0.5) is 11.5 Å². The number of aromatic nitrogens is 1. The van der Waals surface area contributed by atoms with Crippen molar-refractivity contribution in [3.05, 3.63) is 18.3 Å². The number of nitrogens with one attached hydrogen (secondary N) is 1. The van der Waals surface area contributed by atoms with E-state index < -0.39 is 0 Å². The van der Waals surface area contributed by atoms with Crippen LogP contribution in [0.3, 0.4) is 0 Å². The van der Waals surface area contributed by atoms with Crippen LogP contribution in [0.1, 0.15) is 19.8 Å². The molecule has 16 heavy (non-hydrogen) atoms. The predicted molar refractivity (Wildman–Crippen MR) is 67.4 cm³/mol. The Morgan fingerprint density at radius 1 is 1.50 bits per heavy atom. The lowest BCUT2D eigenvalue weighted by Crippen LogP contribution is -2.39. The maximum atomic E-state index is 5.86. The van der Waals surface area contributed by atoms with Crippen molar-refractivity contribution >= 4 is 11.5 Å². The monoisotopic (exact) mass is 220 g/mol. The fourth-order valence-corrected chi connectivity index (χ4v) is 2.13. The lowest BCUT2D eigenvalue weighted by Gasteiger charge is -2.31. The molecule has 0 amide bonds. The molecule has 1 aromatic rings. The zero-order valence-corrected chi connectivity index (χ0v) is 9.82. The molecule has 2 rings (SSSR count). The quantitative estimate of drug-likeness (QED) is 0.811. The Kier molecular flexibility index (Phi) is 3.62. The molecule has 0 atom stereocenters. The molecule has 0 spiro atoms. The van der Waals surface area contributed by atoms with E-state index in [2.05, 4.69) is 22.1 Å². The fourth-order valence-electron chi connectivity index (χ4n) is 2.13. The van der Waals surface area contributed by atoms with Crippen LogP contribution < -0.4 is 11.1 Å². The summed E-state index contributed by atoms with van der Waals surface area (Å²) in [5.74, 6) is 0.831. The zero-order valence-electron chi connectivity index (χ0n) is 9.82. The molecule has 1 aliphatic rings. The number of piperidine rings is 1. The van der Waals surface area contributed by atoms with Gasteiger partial charge in [0.25, 0.3) is 0 Å². The molecule has 1 aliphatic heterocycles. The normalized spacial score (nSPS) is 18.6. The van der Waals surface area contributed by atoms with E-state index in [-0.39, 0.29) is 0 Å². The Morgan fingerprint density at radius 3 is 2.88 bits per heavy atom. The molecule has 0 aliphatic carbocycles. The van der Waals surface area contributed by atoms with Crippen LogP contribution in [0.25, 0.3) is 0 Å². The number of nitrogens with two attached hydrogens (primary N) is 1. The second-order valence-corrected chi connectivity index (χ2v) is 4.29. The highest BCUT2D eigenvalue weighted by atomic mass is 15.1. The summed E-state index contributed by atoms with van der Waals surface area (Å²) in [7, 11) is 0. The van der Waals surface area contributed by atoms with Gasteiger partial charge in [0.1, 0.15) is 5.82 Å². The molecule has 4 nitrogen and oxygen atoms in total. The molecule has 3 N–H and O–H groups in total. The molecule has 0 bridgehead atoms. The van der Waals surface area contributed by atoms with Crippen LogP contribution in [-0.4, -0.2) is 35.6 Å². The second-order valence-electron chi connectivity index (χ2n) is 4.29. The maximum Gasteiger partial charge on any atom is 0.149 e. The van der Waals surface area contributed by atoms with Gasteiger partial charge in [0, 0.05) is 25.3 Å². The molecule has 0 unspecified atom stereocenters. The number of likely N-dealkylation sites (tertiary alicyclic amines) is 1. The van der Waals surface area contributed by atoms with Gasteiger partial charge in [0.15, 0.2) is 0 Å². The molecular weight excluding hydrogens is 200 g/mol. The van der Waals surface area contributed by atoms with Gasteiger partial charge in [0.2, 0.25) is 0 Å². The summed E-state index contributed by atoms with van der Waals surface area (Å²) in [6.45, 7) is 5.70. The molecule has 2 heterocycles. The number of pyridine rings is 1. The van der Waals surface area contributed by atoms with Crippen molar-refractivity contribution < 1.29 is 0 Å². The van der Waals surface area contributed by atoms with Crippen molar-refractivity contribution in [2.45, 2.75) is 25.8 Å². The minimum atomic E-state index is 0.514. The van der Waals surface area contributed by atoms with Crippen molar-refractivity contribution in [3.8, 4) is 0 Å². The summed E-state index contributed by atoms with van der Waals surface area (Å²) in [6.07, 6.45) is 4.12. The van der Waals surface area contributed by atoms with Gasteiger partial charge >= 0.3 is 0 Å². The lowest BCUT2D eigenvalue weighted by molar-refractivity contribution is 0.229. The average molecular weight is 220 g/mol. The van der Waals surface area contributed by atoms with Crippen molar-refractivity contribution in [3.63, 3.8) is 0 Å². The number of nitrogens with zero attached hydrogens (tertiary/aromatic N) is 2. The largest absolute Gasteiger partial charge is 0.396 e. The average Bonchev–Trinajstić information content (AvgIpc) is 2.33. The minimum absolute atomic E-state index is 0.514. The smallest absolute Gasteiger partial charge is 0.149 e. The third-order valence-electron chi connectivity index (χ3n) is 3.21. The van der Waals surface area contributed by atoms with Crippen LogP contribution in [0.5, 0.6) is 0 Å². The molecule has 0 aromatic carbocycles. The SMILES string of the molecule is CCN1CCC(Nc2ncccc2N)CC1. The molecule has 1 fully saturated rings. The summed E-state index contributed by atoms with van der Waals surface area (Å²) < 4.78 is 0. The first kappa shape index (κ1) is 11.2. The number of hydrogen-bond acceptors (Lipinski definition) is 4. The van der Waals surface area contributed by atoms with Gasteiger partial charge in [-0.05, 0) is 31.5 Å². The Bertz CT molecular complexity index is 332. The molecule has 0 radical (unpaired) electrons. The van der Waals surface area contributed by atoms with Gasteiger partial charge in [-0.15, -0.1) is 0 Å². The summed E-state index contributed by atoms with van der Waals surface area (Å²) in [6, 6.07) is 4.26. The van der Waals surface area contributed by atoms with Gasteiger partial charge in [-0.25, -0.2) is 4.98 Å². The number of rotatable bonds is 3. The third-order valence-corrected chi connectivity index (χ3v) is 3.21. The van der Waals surface area contributed by atoms with Gasteiger partial charge in [0.05, 0.1) is 5.69 Å². The highest BCUT2D eigenvalue weighted by Gasteiger charge is 2.18. The van der Waals surface area contributed by atoms with Crippen LogP contribution in [0, 0.1) is 0 Å². The van der Waals surface area contributed by atoms with E-state index >= 15 is 0 Å². The van der Waals surface area contributed by atoms with Gasteiger partial charge in [-0.1, -0.05) is 6.92 Å². The molecule has 4 heteroatoms. The Hall–Kier alpha value is -1.29. The number of anilines is 2. The fraction of sp³-hybridized carbons (Fsp3) is 0.583. The van der Waals surface area contributed by atoms with E-state index in [9.17, 15) is 0 Å². The van der Waals surface area contributed by atoms with Crippen LogP contribution in [0.15, 0.2) is 18.3 Å². The second kappa shape index (κ2) is 5.16. The first-order valence-electron chi connectivity index (χ1n) is 5.99.